The molecule has 1 fully saturated rings. The highest BCUT2D eigenvalue weighted by atomic mass is 127. The maximum atomic E-state index is 12.6. The van der Waals surface area contributed by atoms with Crippen molar-refractivity contribution < 1.29 is 9.53 Å². The third-order valence-corrected chi connectivity index (χ3v) is 5.94. The summed E-state index contributed by atoms with van der Waals surface area (Å²) >= 11 is 0. The highest BCUT2D eigenvalue weighted by Crippen LogP contribution is 2.21. The second-order valence-electron chi connectivity index (χ2n) is 8.02. The molecule has 2 aromatic rings. The van der Waals surface area contributed by atoms with Gasteiger partial charge in [0.05, 0.1) is 13.7 Å². The average Bonchev–Trinajstić information content (AvgIpc) is 2.86. The number of nitrogens with zero attached hydrogens (tertiary/aromatic N) is 3. The smallest absolute Gasteiger partial charge is 0.242 e. The molecule has 1 atom stereocenters. The number of para-hydroxylation sites is 1. The molecule has 0 saturated carbocycles. The Bertz CT molecular complexity index is 868. The third-order valence-electron chi connectivity index (χ3n) is 5.94. The van der Waals surface area contributed by atoms with E-state index in [0.717, 1.165) is 44.9 Å². The summed E-state index contributed by atoms with van der Waals surface area (Å²) in [5.74, 6) is 2.04. The van der Waals surface area contributed by atoms with Crippen LogP contribution in [0.2, 0.25) is 0 Å². The van der Waals surface area contributed by atoms with Crippen LogP contribution in [0, 0.1) is 0 Å². The summed E-state index contributed by atoms with van der Waals surface area (Å²) < 4.78 is 5.22. The first-order chi connectivity index (χ1) is 15.6. The Morgan fingerprint density at radius 2 is 1.70 bits per heavy atom. The lowest BCUT2D eigenvalue weighted by molar-refractivity contribution is -0.130. The van der Waals surface area contributed by atoms with Crippen molar-refractivity contribution in [2.75, 3.05) is 58.3 Å². The number of halogens is 1. The summed E-state index contributed by atoms with van der Waals surface area (Å²) in [7, 11) is 3.40. The van der Waals surface area contributed by atoms with E-state index in [-0.39, 0.29) is 36.4 Å². The molecule has 33 heavy (non-hydrogen) atoms. The fraction of sp³-hybridized carbons (Fsp3) is 0.440. The Morgan fingerprint density at radius 3 is 2.30 bits per heavy atom. The quantitative estimate of drug-likeness (QED) is 0.292. The predicted molar refractivity (Wildman–Crippen MR) is 146 cm³/mol. The van der Waals surface area contributed by atoms with E-state index in [1.54, 1.807) is 14.2 Å². The van der Waals surface area contributed by atoms with Gasteiger partial charge in [0, 0.05) is 45.5 Å². The molecule has 0 spiro atoms. The van der Waals surface area contributed by atoms with Crippen LogP contribution < -0.4 is 20.3 Å². The van der Waals surface area contributed by atoms with Gasteiger partial charge >= 0.3 is 0 Å². The molecule has 1 heterocycles. The maximum absolute atomic E-state index is 12.6. The van der Waals surface area contributed by atoms with Crippen LogP contribution in [0.3, 0.4) is 0 Å². The highest BCUT2D eigenvalue weighted by molar-refractivity contribution is 14.0. The number of benzene rings is 2. The minimum Gasteiger partial charge on any atom is -0.497 e. The van der Waals surface area contributed by atoms with E-state index >= 15 is 0 Å². The van der Waals surface area contributed by atoms with Crippen LogP contribution in [0.15, 0.2) is 59.6 Å². The number of hydrogen-bond donors (Lipinski definition) is 2. The van der Waals surface area contributed by atoms with Crippen molar-refractivity contribution in [1.29, 1.82) is 0 Å². The van der Waals surface area contributed by atoms with Crippen LogP contribution in [-0.4, -0.2) is 70.2 Å². The Morgan fingerprint density at radius 1 is 1.03 bits per heavy atom. The van der Waals surface area contributed by atoms with Crippen molar-refractivity contribution in [3.63, 3.8) is 0 Å². The molecular weight excluding hydrogens is 529 g/mol. The minimum absolute atomic E-state index is 0. The molecule has 2 N–H and O–H groups in total. The Hall–Kier alpha value is -2.49. The first-order valence-electron chi connectivity index (χ1n) is 11.3. The number of aliphatic imine (C=N–C) groups is 1. The molecule has 7 nitrogen and oxygen atoms in total. The summed E-state index contributed by atoms with van der Waals surface area (Å²) in [4.78, 5) is 21.1. The van der Waals surface area contributed by atoms with E-state index in [0.29, 0.717) is 11.9 Å². The largest absolute Gasteiger partial charge is 0.497 e. The van der Waals surface area contributed by atoms with Gasteiger partial charge in [-0.25, -0.2) is 0 Å². The molecule has 1 aliphatic heterocycles. The lowest BCUT2D eigenvalue weighted by Crippen LogP contribution is -2.52. The number of hydrogen-bond acceptors (Lipinski definition) is 4. The first kappa shape index (κ1) is 26.8. The Kier molecular flexibility index (Phi) is 11.3. The molecule has 1 unspecified atom stereocenters. The number of carbonyl (C=O) groups is 1. The van der Waals surface area contributed by atoms with Crippen LogP contribution in [-0.2, 0) is 4.79 Å². The van der Waals surface area contributed by atoms with Gasteiger partial charge in [-0.15, -0.1) is 24.0 Å². The van der Waals surface area contributed by atoms with Gasteiger partial charge in [-0.3, -0.25) is 9.79 Å². The zero-order valence-electron chi connectivity index (χ0n) is 19.8. The normalized spacial score (nSPS) is 14.8. The van der Waals surface area contributed by atoms with Crippen LogP contribution in [0.5, 0.6) is 5.75 Å². The summed E-state index contributed by atoms with van der Waals surface area (Å²) in [6.07, 6.45) is 0.961. The third kappa shape index (κ3) is 8.10. The van der Waals surface area contributed by atoms with Crippen LogP contribution >= 0.6 is 24.0 Å². The number of nitrogens with one attached hydrogen (secondary N) is 2. The van der Waals surface area contributed by atoms with E-state index in [4.69, 9.17) is 4.74 Å². The van der Waals surface area contributed by atoms with Crippen molar-refractivity contribution in [2.45, 2.75) is 19.3 Å². The van der Waals surface area contributed by atoms with Crippen molar-refractivity contribution in [3.05, 3.63) is 60.2 Å². The van der Waals surface area contributed by atoms with E-state index in [2.05, 4.69) is 51.7 Å². The van der Waals surface area contributed by atoms with Gasteiger partial charge in [0.1, 0.15) is 5.75 Å². The molecule has 1 amide bonds. The van der Waals surface area contributed by atoms with E-state index < -0.39 is 0 Å². The van der Waals surface area contributed by atoms with Crippen molar-refractivity contribution in [1.82, 2.24) is 15.5 Å². The highest BCUT2D eigenvalue weighted by Gasteiger charge is 2.21. The van der Waals surface area contributed by atoms with Crippen molar-refractivity contribution >= 4 is 41.5 Å². The number of anilines is 1. The lowest BCUT2D eigenvalue weighted by Gasteiger charge is -2.36. The van der Waals surface area contributed by atoms with Gasteiger partial charge in [0.2, 0.25) is 5.91 Å². The number of ether oxygens (including phenoxy) is 1. The number of carbonyl (C=O) groups excluding carboxylic acids is 1. The molecule has 0 bridgehead atoms. The standard InChI is InChI=1S/C25H35N5O2.HI/c1-20(21-9-11-23(32-3)12-10-21)13-14-27-25(26-2)28-19-24(31)30-17-15-29(16-18-30)22-7-5-4-6-8-22;/h4-12,20H,13-19H2,1-3H3,(H2,26,27,28);1H. The van der Waals surface area contributed by atoms with E-state index in [9.17, 15) is 4.79 Å². The number of amides is 1. The summed E-state index contributed by atoms with van der Waals surface area (Å²) in [6.45, 7) is 6.41. The average molecular weight is 566 g/mol. The van der Waals surface area contributed by atoms with Gasteiger partial charge < -0.3 is 25.2 Å². The molecule has 2 aromatic carbocycles. The van der Waals surface area contributed by atoms with E-state index in [1.807, 2.05) is 35.2 Å². The van der Waals surface area contributed by atoms with Gasteiger partial charge in [0.15, 0.2) is 5.96 Å². The number of methoxy groups -OCH3 is 1. The summed E-state index contributed by atoms with van der Waals surface area (Å²) in [5.41, 5.74) is 2.49. The zero-order valence-corrected chi connectivity index (χ0v) is 22.1. The van der Waals surface area contributed by atoms with Gasteiger partial charge in [-0.05, 0) is 42.2 Å². The van der Waals surface area contributed by atoms with Crippen LogP contribution in [0.4, 0.5) is 5.69 Å². The maximum Gasteiger partial charge on any atom is 0.242 e. The minimum atomic E-state index is 0. The topological polar surface area (TPSA) is 69.2 Å². The van der Waals surface area contributed by atoms with Crippen molar-refractivity contribution in [3.8, 4) is 5.75 Å². The summed E-state index contributed by atoms with van der Waals surface area (Å²) in [6, 6.07) is 18.5. The molecular formula is C25H36IN5O2. The first-order valence-corrected chi connectivity index (χ1v) is 11.3. The predicted octanol–water partition coefficient (Wildman–Crippen LogP) is 3.32. The van der Waals surface area contributed by atoms with Crippen molar-refractivity contribution in [2.24, 2.45) is 4.99 Å². The fourth-order valence-corrected chi connectivity index (χ4v) is 3.85. The van der Waals surface area contributed by atoms with Gasteiger partial charge in [-0.1, -0.05) is 37.3 Å². The SMILES string of the molecule is CN=C(NCCC(C)c1ccc(OC)cc1)NCC(=O)N1CCN(c2ccccc2)CC1.I. The molecule has 0 aromatic heterocycles. The Labute approximate surface area is 214 Å². The molecule has 1 saturated heterocycles. The van der Waals surface area contributed by atoms with E-state index in [1.165, 1.54) is 11.3 Å². The fourth-order valence-electron chi connectivity index (χ4n) is 3.85. The summed E-state index contributed by atoms with van der Waals surface area (Å²) in [5, 5.41) is 6.47. The second kappa shape index (κ2) is 13.9. The van der Waals surface area contributed by atoms with Gasteiger partial charge in [-0.2, -0.15) is 0 Å². The monoisotopic (exact) mass is 565 g/mol. The second-order valence-corrected chi connectivity index (χ2v) is 8.02. The number of piperazine rings is 1. The van der Waals surface area contributed by atoms with Crippen LogP contribution in [0.1, 0.15) is 24.8 Å². The number of rotatable bonds is 8. The molecule has 3 rings (SSSR count). The zero-order chi connectivity index (χ0) is 22.8. The molecule has 0 radical (unpaired) electrons. The molecule has 1 aliphatic rings. The molecule has 0 aliphatic carbocycles. The lowest BCUT2D eigenvalue weighted by atomic mass is 9.98. The molecule has 180 valence electrons. The Balaban J connectivity index is 0.00000385. The number of guanidine groups is 1. The van der Waals surface area contributed by atoms with Crippen LogP contribution in [0.25, 0.3) is 0 Å². The van der Waals surface area contributed by atoms with Gasteiger partial charge in [0.25, 0.3) is 0 Å². The molecule has 8 heteroatoms.